The minimum atomic E-state index is -0.000437. The first kappa shape index (κ1) is 15.9. The van der Waals surface area contributed by atoms with E-state index in [1.807, 2.05) is 18.7 Å². The molecule has 5 nitrogen and oxygen atoms in total. The average molecular weight is 331 g/mol. The fraction of sp³-hybridized carbons (Fsp3) is 0.471. The van der Waals surface area contributed by atoms with Gasteiger partial charge in [0.2, 0.25) is 5.88 Å². The van der Waals surface area contributed by atoms with Gasteiger partial charge in [-0.15, -0.1) is 11.3 Å². The molecule has 23 heavy (non-hydrogen) atoms. The molecule has 1 aliphatic heterocycles. The molecule has 0 unspecified atom stereocenters. The molecular formula is C17H21N3O2S. The highest BCUT2D eigenvalue weighted by molar-refractivity contribution is 7.09. The Labute approximate surface area is 140 Å². The van der Waals surface area contributed by atoms with Crippen LogP contribution in [0.3, 0.4) is 0 Å². The Balaban J connectivity index is 1.77. The number of likely N-dealkylation sites (tertiary alicyclic amines) is 1. The van der Waals surface area contributed by atoms with Crippen LogP contribution in [0.15, 0.2) is 23.7 Å². The van der Waals surface area contributed by atoms with Crippen LogP contribution in [0.25, 0.3) is 0 Å². The monoisotopic (exact) mass is 331 g/mol. The molecule has 0 N–H and O–H groups in total. The predicted molar refractivity (Wildman–Crippen MR) is 90.1 cm³/mol. The van der Waals surface area contributed by atoms with Gasteiger partial charge in [0, 0.05) is 36.3 Å². The molecule has 3 heterocycles. The maximum absolute atomic E-state index is 12.9. The SMILES string of the molecule is CCOc1ncccc1C(=O)N1CCC[C@@H](c2nc(C)cs2)C1. The summed E-state index contributed by atoms with van der Waals surface area (Å²) in [5.74, 6) is 0.755. The molecule has 0 radical (unpaired) electrons. The lowest BCUT2D eigenvalue weighted by Gasteiger charge is -2.32. The summed E-state index contributed by atoms with van der Waals surface area (Å²) in [6.45, 7) is 5.89. The smallest absolute Gasteiger partial charge is 0.259 e. The van der Waals surface area contributed by atoms with Crippen molar-refractivity contribution in [3.8, 4) is 5.88 Å². The summed E-state index contributed by atoms with van der Waals surface area (Å²) in [5, 5.41) is 3.21. The van der Waals surface area contributed by atoms with Gasteiger partial charge in [0.1, 0.15) is 5.56 Å². The van der Waals surface area contributed by atoms with Crippen molar-refractivity contribution < 1.29 is 9.53 Å². The zero-order valence-electron chi connectivity index (χ0n) is 13.5. The van der Waals surface area contributed by atoms with Crippen LogP contribution < -0.4 is 4.74 Å². The number of thiazole rings is 1. The first-order valence-electron chi connectivity index (χ1n) is 7.98. The second-order valence-corrected chi connectivity index (χ2v) is 6.60. The number of amides is 1. The maximum atomic E-state index is 12.9. The number of rotatable bonds is 4. The first-order chi connectivity index (χ1) is 11.2. The molecular weight excluding hydrogens is 310 g/mol. The fourth-order valence-electron chi connectivity index (χ4n) is 2.90. The number of piperidine rings is 1. The predicted octanol–water partition coefficient (Wildman–Crippen LogP) is 3.27. The van der Waals surface area contributed by atoms with Crippen LogP contribution in [0.4, 0.5) is 0 Å². The van der Waals surface area contributed by atoms with Gasteiger partial charge in [-0.2, -0.15) is 0 Å². The summed E-state index contributed by atoms with van der Waals surface area (Å²) < 4.78 is 5.49. The number of hydrogen-bond donors (Lipinski definition) is 0. The Kier molecular flexibility index (Phi) is 4.91. The normalized spacial score (nSPS) is 18.0. The molecule has 0 aromatic carbocycles. The van der Waals surface area contributed by atoms with Gasteiger partial charge in [-0.1, -0.05) is 0 Å². The molecule has 1 amide bonds. The Morgan fingerprint density at radius 1 is 1.52 bits per heavy atom. The first-order valence-corrected chi connectivity index (χ1v) is 8.86. The van der Waals surface area contributed by atoms with Gasteiger partial charge in [0.05, 0.1) is 11.6 Å². The summed E-state index contributed by atoms with van der Waals surface area (Å²) >= 11 is 1.69. The third-order valence-electron chi connectivity index (χ3n) is 3.98. The van der Waals surface area contributed by atoms with E-state index in [1.165, 1.54) is 0 Å². The number of nitrogens with zero attached hydrogens (tertiary/aromatic N) is 3. The Morgan fingerprint density at radius 3 is 3.13 bits per heavy atom. The highest BCUT2D eigenvalue weighted by Crippen LogP contribution is 2.30. The second-order valence-electron chi connectivity index (χ2n) is 5.71. The van der Waals surface area contributed by atoms with E-state index in [-0.39, 0.29) is 5.91 Å². The second kappa shape index (κ2) is 7.08. The van der Waals surface area contributed by atoms with Crippen molar-refractivity contribution in [2.75, 3.05) is 19.7 Å². The molecule has 3 rings (SSSR count). The molecule has 1 aliphatic rings. The van der Waals surface area contributed by atoms with Crippen molar-refractivity contribution in [3.63, 3.8) is 0 Å². The largest absolute Gasteiger partial charge is 0.477 e. The van der Waals surface area contributed by atoms with E-state index in [0.717, 1.165) is 30.1 Å². The van der Waals surface area contributed by atoms with Crippen molar-refractivity contribution in [2.45, 2.75) is 32.6 Å². The molecule has 0 spiro atoms. The fourth-order valence-corrected chi connectivity index (χ4v) is 3.82. The van der Waals surface area contributed by atoms with Crippen LogP contribution in [-0.2, 0) is 0 Å². The lowest BCUT2D eigenvalue weighted by atomic mass is 9.98. The number of aryl methyl sites for hydroxylation is 1. The molecule has 1 atom stereocenters. The molecule has 122 valence electrons. The number of aromatic nitrogens is 2. The lowest BCUT2D eigenvalue weighted by molar-refractivity contribution is 0.0702. The summed E-state index contributed by atoms with van der Waals surface area (Å²) in [6, 6.07) is 3.57. The van der Waals surface area contributed by atoms with E-state index in [0.29, 0.717) is 30.5 Å². The van der Waals surface area contributed by atoms with Crippen LogP contribution >= 0.6 is 11.3 Å². The van der Waals surface area contributed by atoms with Gasteiger partial charge < -0.3 is 9.64 Å². The molecule has 0 aliphatic carbocycles. The van der Waals surface area contributed by atoms with E-state index < -0.39 is 0 Å². The van der Waals surface area contributed by atoms with Crippen molar-refractivity contribution in [2.24, 2.45) is 0 Å². The number of ether oxygens (including phenoxy) is 1. The molecule has 1 saturated heterocycles. The van der Waals surface area contributed by atoms with Crippen LogP contribution in [0.1, 0.15) is 46.7 Å². The van der Waals surface area contributed by atoms with Crippen LogP contribution in [0.5, 0.6) is 5.88 Å². The zero-order chi connectivity index (χ0) is 16.2. The zero-order valence-corrected chi connectivity index (χ0v) is 14.3. The van der Waals surface area contributed by atoms with Crippen LogP contribution in [-0.4, -0.2) is 40.5 Å². The van der Waals surface area contributed by atoms with E-state index >= 15 is 0 Å². The Bertz CT molecular complexity index is 686. The highest BCUT2D eigenvalue weighted by atomic mass is 32.1. The number of carbonyl (C=O) groups excluding carboxylic acids is 1. The summed E-state index contributed by atoms with van der Waals surface area (Å²) in [7, 11) is 0. The van der Waals surface area contributed by atoms with Crippen LogP contribution in [0, 0.1) is 6.92 Å². The van der Waals surface area contributed by atoms with E-state index in [4.69, 9.17) is 4.74 Å². The van der Waals surface area contributed by atoms with E-state index in [1.54, 1.807) is 29.7 Å². The highest BCUT2D eigenvalue weighted by Gasteiger charge is 2.28. The topological polar surface area (TPSA) is 55.3 Å². The van der Waals surface area contributed by atoms with Gasteiger partial charge in [-0.25, -0.2) is 9.97 Å². The molecule has 0 bridgehead atoms. The van der Waals surface area contributed by atoms with Gasteiger partial charge in [0.25, 0.3) is 5.91 Å². The third-order valence-corrected chi connectivity index (χ3v) is 5.10. The van der Waals surface area contributed by atoms with Crippen LogP contribution in [0.2, 0.25) is 0 Å². The average Bonchev–Trinajstić information content (AvgIpc) is 3.02. The summed E-state index contributed by atoms with van der Waals surface area (Å²) in [6.07, 6.45) is 3.74. The molecule has 2 aromatic heterocycles. The van der Waals surface area contributed by atoms with E-state index in [9.17, 15) is 4.79 Å². The molecule has 0 saturated carbocycles. The summed E-state index contributed by atoms with van der Waals surface area (Å²) in [5.41, 5.74) is 1.60. The molecule has 6 heteroatoms. The minimum absolute atomic E-state index is 0.000437. The summed E-state index contributed by atoms with van der Waals surface area (Å²) in [4.78, 5) is 23.5. The van der Waals surface area contributed by atoms with Gasteiger partial charge in [-0.05, 0) is 38.8 Å². The van der Waals surface area contributed by atoms with Crippen molar-refractivity contribution in [1.82, 2.24) is 14.9 Å². The minimum Gasteiger partial charge on any atom is -0.477 e. The van der Waals surface area contributed by atoms with Gasteiger partial charge >= 0.3 is 0 Å². The lowest BCUT2D eigenvalue weighted by Crippen LogP contribution is -2.39. The standard InChI is InChI=1S/C17H21N3O2S/c1-3-22-15-14(7-4-8-18-15)17(21)20-9-5-6-13(10-20)16-19-12(2)11-23-16/h4,7-8,11,13H,3,5-6,9-10H2,1-2H3/t13-/m1/s1. The van der Waals surface area contributed by atoms with Crippen molar-refractivity contribution >= 4 is 17.2 Å². The number of carbonyl (C=O) groups is 1. The Morgan fingerprint density at radius 2 is 2.39 bits per heavy atom. The van der Waals surface area contributed by atoms with Crippen molar-refractivity contribution in [1.29, 1.82) is 0 Å². The van der Waals surface area contributed by atoms with Gasteiger partial charge in [0.15, 0.2) is 0 Å². The van der Waals surface area contributed by atoms with Crippen molar-refractivity contribution in [3.05, 3.63) is 40.0 Å². The Hall–Kier alpha value is -1.95. The van der Waals surface area contributed by atoms with E-state index in [2.05, 4.69) is 15.3 Å². The number of hydrogen-bond acceptors (Lipinski definition) is 5. The molecule has 1 fully saturated rings. The van der Waals surface area contributed by atoms with Gasteiger partial charge in [-0.3, -0.25) is 4.79 Å². The third kappa shape index (κ3) is 3.52. The quantitative estimate of drug-likeness (QED) is 0.863. The maximum Gasteiger partial charge on any atom is 0.259 e. The molecule has 2 aromatic rings. The number of pyridine rings is 1.